The third-order valence-electron chi connectivity index (χ3n) is 3.67. The van der Waals surface area contributed by atoms with Crippen LogP contribution in [0.5, 0.6) is 0 Å². The van der Waals surface area contributed by atoms with E-state index in [1.165, 1.54) is 6.42 Å². The van der Waals surface area contributed by atoms with Gasteiger partial charge in [-0.3, -0.25) is 10.1 Å². The topological polar surface area (TPSA) is 32.3 Å². The zero-order chi connectivity index (χ0) is 11.6. The van der Waals surface area contributed by atoms with Crippen LogP contribution in [-0.4, -0.2) is 41.6 Å². The van der Waals surface area contributed by atoms with Crippen LogP contribution >= 0.6 is 24.2 Å². The van der Waals surface area contributed by atoms with E-state index < -0.39 is 0 Å². The van der Waals surface area contributed by atoms with Gasteiger partial charge in [0.15, 0.2) is 0 Å². The number of nitrogens with one attached hydrogen (secondary N) is 1. The second-order valence-electron chi connectivity index (χ2n) is 5.61. The number of amides is 1. The van der Waals surface area contributed by atoms with Crippen molar-refractivity contribution in [2.24, 2.45) is 5.41 Å². The molecule has 0 aliphatic carbocycles. The normalized spacial score (nSPS) is 28.4. The first-order valence-electron chi connectivity index (χ1n) is 6.18. The molecule has 2 aliphatic heterocycles. The predicted octanol–water partition coefficient (Wildman–Crippen LogP) is 2.11. The summed E-state index contributed by atoms with van der Waals surface area (Å²) in [6.07, 6.45) is 3.53. The van der Waals surface area contributed by atoms with Gasteiger partial charge in [0, 0.05) is 24.7 Å². The average molecular weight is 279 g/mol. The molecule has 0 aromatic heterocycles. The first-order valence-corrected chi connectivity index (χ1v) is 7.34. The standard InChI is InChI=1S/C12H22N2OS.ClH/c1-12(2)4-3-6-14(7-5-12)11(15)10-8-16-9-13-10;/h10,13H,3-9H2,1-2H3;1H. The third-order valence-corrected chi connectivity index (χ3v) is 4.61. The van der Waals surface area contributed by atoms with Crippen LogP contribution in [0.3, 0.4) is 0 Å². The highest BCUT2D eigenvalue weighted by Crippen LogP contribution is 2.30. The summed E-state index contributed by atoms with van der Waals surface area (Å²) >= 11 is 1.82. The fourth-order valence-corrected chi connectivity index (χ4v) is 3.35. The van der Waals surface area contributed by atoms with Crippen LogP contribution in [0.25, 0.3) is 0 Å². The molecule has 2 heterocycles. The summed E-state index contributed by atoms with van der Waals surface area (Å²) in [4.78, 5) is 14.3. The maximum atomic E-state index is 12.2. The highest BCUT2D eigenvalue weighted by Gasteiger charge is 2.30. The van der Waals surface area contributed by atoms with Gasteiger partial charge >= 0.3 is 0 Å². The molecule has 1 unspecified atom stereocenters. The van der Waals surface area contributed by atoms with Crippen molar-refractivity contribution in [1.29, 1.82) is 0 Å². The number of nitrogens with zero attached hydrogens (tertiary/aromatic N) is 1. The maximum absolute atomic E-state index is 12.2. The number of rotatable bonds is 1. The van der Waals surface area contributed by atoms with E-state index in [1.807, 2.05) is 11.8 Å². The fraction of sp³-hybridized carbons (Fsp3) is 0.917. The molecule has 17 heavy (non-hydrogen) atoms. The van der Waals surface area contributed by atoms with Crippen LogP contribution in [-0.2, 0) is 4.79 Å². The molecule has 2 saturated heterocycles. The molecule has 3 nitrogen and oxygen atoms in total. The van der Waals surface area contributed by atoms with Crippen molar-refractivity contribution in [3.05, 3.63) is 0 Å². The van der Waals surface area contributed by atoms with Gasteiger partial charge in [0.25, 0.3) is 0 Å². The lowest BCUT2D eigenvalue weighted by atomic mass is 9.85. The Morgan fingerprint density at radius 2 is 2.12 bits per heavy atom. The Morgan fingerprint density at radius 1 is 1.35 bits per heavy atom. The van der Waals surface area contributed by atoms with Crippen molar-refractivity contribution in [1.82, 2.24) is 10.2 Å². The Morgan fingerprint density at radius 3 is 2.76 bits per heavy atom. The molecule has 1 amide bonds. The third kappa shape index (κ3) is 4.04. The van der Waals surface area contributed by atoms with Crippen LogP contribution in [0.15, 0.2) is 0 Å². The van der Waals surface area contributed by atoms with Gasteiger partial charge < -0.3 is 4.90 Å². The van der Waals surface area contributed by atoms with Gasteiger partial charge in [-0.1, -0.05) is 13.8 Å². The van der Waals surface area contributed by atoms with Gasteiger partial charge in [0.1, 0.15) is 0 Å². The Balaban J connectivity index is 0.00000144. The quantitative estimate of drug-likeness (QED) is 0.797. The van der Waals surface area contributed by atoms with Crippen LogP contribution in [0.1, 0.15) is 33.1 Å². The van der Waals surface area contributed by atoms with Crippen LogP contribution in [0.4, 0.5) is 0 Å². The van der Waals surface area contributed by atoms with Crippen LogP contribution in [0, 0.1) is 5.41 Å². The lowest BCUT2D eigenvalue weighted by Crippen LogP contribution is -2.45. The summed E-state index contributed by atoms with van der Waals surface area (Å²) in [7, 11) is 0. The number of carbonyl (C=O) groups is 1. The van der Waals surface area contributed by atoms with E-state index in [-0.39, 0.29) is 18.4 Å². The van der Waals surface area contributed by atoms with Crippen LogP contribution < -0.4 is 5.32 Å². The Kier molecular flexibility index (Phi) is 5.61. The van der Waals surface area contributed by atoms with E-state index in [2.05, 4.69) is 24.1 Å². The van der Waals surface area contributed by atoms with Gasteiger partial charge in [-0.15, -0.1) is 24.2 Å². The van der Waals surface area contributed by atoms with Gasteiger partial charge in [0.05, 0.1) is 6.04 Å². The molecule has 5 heteroatoms. The number of hydrogen-bond acceptors (Lipinski definition) is 3. The smallest absolute Gasteiger partial charge is 0.240 e. The molecule has 0 aromatic carbocycles. The number of likely N-dealkylation sites (tertiary alicyclic amines) is 1. The Hall–Kier alpha value is 0.0700. The Bertz CT molecular complexity index is 267. The van der Waals surface area contributed by atoms with E-state index in [0.29, 0.717) is 11.3 Å². The van der Waals surface area contributed by atoms with E-state index in [4.69, 9.17) is 0 Å². The van der Waals surface area contributed by atoms with Crippen molar-refractivity contribution in [3.8, 4) is 0 Å². The molecule has 0 bridgehead atoms. The fourth-order valence-electron chi connectivity index (χ4n) is 2.42. The predicted molar refractivity (Wildman–Crippen MR) is 75.7 cm³/mol. The van der Waals surface area contributed by atoms with Gasteiger partial charge in [0.2, 0.25) is 5.91 Å². The second-order valence-corrected chi connectivity index (χ2v) is 6.65. The summed E-state index contributed by atoms with van der Waals surface area (Å²) in [5.74, 6) is 2.19. The number of halogens is 1. The molecule has 100 valence electrons. The zero-order valence-electron chi connectivity index (χ0n) is 10.7. The summed E-state index contributed by atoms with van der Waals surface area (Å²) in [5.41, 5.74) is 0.410. The lowest BCUT2D eigenvalue weighted by molar-refractivity contribution is -0.132. The second kappa shape index (κ2) is 6.30. The largest absolute Gasteiger partial charge is 0.341 e. The lowest BCUT2D eigenvalue weighted by Gasteiger charge is -2.25. The summed E-state index contributed by atoms with van der Waals surface area (Å²) in [6, 6.07) is 0.0752. The van der Waals surface area contributed by atoms with Crippen molar-refractivity contribution < 1.29 is 4.79 Å². The minimum atomic E-state index is 0. The summed E-state index contributed by atoms with van der Waals surface area (Å²) < 4.78 is 0. The van der Waals surface area contributed by atoms with Gasteiger partial charge in [-0.25, -0.2) is 0 Å². The molecule has 2 aliphatic rings. The molecule has 0 saturated carbocycles. The number of thioether (sulfide) groups is 1. The first-order chi connectivity index (χ1) is 7.58. The van der Waals surface area contributed by atoms with Crippen molar-refractivity contribution in [2.45, 2.75) is 39.2 Å². The zero-order valence-corrected chi connectivity index (χ0v) is 12.3. The average Bonchev–Trinajstić information content (AvgIpc) is 2.69. The van der Waals surface area contributed by atoms with E-state index in [9.17, 15) is 4.79 Å². The van der Waals surface area contributed by atoms with Gasteiger partial charge in [-0.05, 0) is 24.7 Å². The Labute approximate surface area is 114 Å². The molecule has 2 fully saturated rings. The van der Waals surface area contributed by atoms with Crippen molar-refractivity contribution in [2.75, 3.05) is 24.7 Å². The summed E-state index contributed by atoms with van der Waals surface area (Å²) in [6.45, 7) is 6.51. The minimum Gasteiger partial charge on any atom is -0.341 e. The van der Waals surface area contributed by atoms with Crippen LogP contribution in [0.2, 0.25) is 0 Å². The van der Waals surface area contributed by atoms with Crippen molar-refractivity contribution >= 4 is 30.1 Å². The molecular weight excluding hydrogens is 256 g/mol. The highest BCUT2D eigenvalue weighted by atomic mass is 35.5. The highest BCUT2D eigenvalue weighted by molar-refractivity contribution is 7.99. The number of hydrogen-bond donors (Lipinski definition) is 1. The minimum absolute atomic E-state index is 0. The molecule has 2 rings (SSSR count). The summed E-state index contributed by atoms with van der Waals surface area (Å²) in [5, 5.41) is 3.27. The van der Waals surface area contributed by atoms with Crippen molar-refractivity contribution in [3.63, 3.8) is 0 Å². The molecule has 1 N–H and O–H groups in total. The van der Waals surface area contributed by atoms with E-state index in [0.717, 1.165) is 37.6 Å². The maximum Gasteiger partial charge on any atom is 0.240 e. The molecule has 0 radical (unpaired) electrons. The number of carbonyl (C=O) groups excluding carboxylic acids is 1. The molecule has 0 aromatic rings. The first kappa shape index (κ1) is 15.1. The van der Waals surface area contributed by atoms with E-state index >= 15 is 0 Å². The molecular formula is C12H23ClN2OS. The monoisotopic (exact) mass is 278 g/mol. The van der Waals surface area contributed by atoms with E-state index in [1.54, 1.807) is 0 Å². The molecule has 1 atom stereocenters. The van der Waals surface area contributed by atoms with Gasteiger partial charge in [-0.2, -0.15) is 0 Å². The SMILES string of the molecule is CC1(C)CCCN(C(=O)C2CSCN2)CC1.Cl. The molecule has 0 spiro atoms.